The Balaban J connectivity index is 3.28. The van der Waals surface area contributed by atoms with Crippen molar-refractivity contribution in [2.45, 2.75) is 19.8 Å². The predicted octanol–water partition coefficient (Wildman–Crippen LogP) is 1.84. The Bertz CT molecular complexity index is 118. The van der Waals surface area contributed by atoms with Gasteiger partial charge in [0.1, 0.15) is 5.78 Å². The molecule has 0 aromatic heterocycles. The highest BCUT2D eigenvalue weighted by Gasteiger charge is 1.96. The van der Waals surface area contributed by atoms with Gasteiger partial charge in [-0.15, -0.1) is 6.58 Å². The molecule has 0 saturated heterocycles. The molecule has 0 radical (unpaired) electrons. The normalized spacial score (nSPS) is 9.11. The summed E-state index contributed by atoms with van der Waals surface area (Å²) in [6.45, 7) is 5.61. The molecule has 1 nitrogen and oxygen atoms in total. The summed E-state index contributed by atoms with van der Waals surface area (Å²) < 4.78 is 0. The minimum absolute atomic E-state index is 0.196. The van der Waals surface area contributed by atoms with Crippen molar-refractivity contribution in [1.82, 2.24) is 0 Å². The van der Waals surface area contributed by atoms with E-state index in [4.69, 9.17) is 0 Å². The van der Waals surface area contributed by atoms with Crippen LogP contribution in [0.5, 0.6) is 0 Å². The van der Waals surface area contributed by atoms with Gasteiger partial charge in [-0.05, 0) is 13.3 Å². The van der Waals surface area contributed by atoms with E-state index >= 15 is 0 Å². The number of carbonyl (C=O) groups excluding carboxylic acids is 1. The number of hydrogen-bond acceptors (Lipinski definition) is 2. The lowest BCUT2D eigenvalue weighted by Gasteiger charge is -1.94. The summed E-state index contributed by atoms with van der Waals surface area (Å²) in [5.41, 5.74) is 1.06. The largest absolute Gasteiger partial charge is 0.299 e. The summed E-state index contributed by atoms with van der Waals surface area (Å²) in [5.74, 6) is 0.550. The van der Waals surface area contributed by atoms with Crippen LogP contribution in [0.4, 0.5) is 0 Å². The first-order valence-corrected chi connectivity index (χ1v) is 3.57. The van der Waals surface area contributed by atoms with Crippen LogP contribution in [0.1, 0.15) is 19.8 Å². The van der Waals surface area contributed by atoms with Crippen LogP contribution in [0.15, 0.2) is 12.2 Å². The molecule has 0 aliphatic carbocycles. The first kappa shape index (κ1) is 8.76. The lowest BCUT2D eigenvalue weighted by molar-refractivity contribution is -0.116. The molecule has 0 heterocycles. The van der Waals surface area contributed by atoms with Gasteiger partial charge in [-0.1, -0.05) is 5.57 Å². The Morgan fingerprint density at radius 3 is 2.44 bits per heavy atom. The fourth-order valence-electron chi connectivity index (χ4n) is 0.432. The van der Waals surface area contributed by atoms with Crippen LogP contribution in [-0.2, 0) is 4.79 Å². The lowest BCUT2D eigenvalue weighted by atomic mass is 10.1. The van der Waals surface area contributed by atoms with Gasteiger partial charge in [0.05, 0.1) is 0 Å². The van der Waals surface area contributed by atoms with Crippen molar-refractivity contribution >= 4 is 18.4 Å². The first-order valence-electron chi connectivity index (χ1n) is 2.93. The summed E-state index contributed by atoms with van der Waals surface area (Å²) in [6.07, 6.45) is 1.40. The highest BCUT2D eigenvalue weighted by atomic mass is 32.1. The van der Waals surface area contributed by atoms with Gasteiger partial charge < -0.3 is 0 Å². The fourth-order valence-corrected chi connectivity index (χ4v) is 0.590. The number of ketones is 1. The molecule has 0 spiro atoms. The van der Waals surface area contributed by atoms with Gasteiger partial charge in [0.25, 0.3) is 0 Å². The van der Waals surface area contributed by atoms with Crippen molar-refractivity contribution in [2.24, 2.45) is 0 Å². The molecule has 0 aliphatic rings. The lowest BCUT2D eigenvalue weighted by Crippen LogP contribution is -1.98. The van der Waals surface area contributed by atoms with Gasteiger partial charge in [0.15, 0.2) is 0 Å². The van der Waals surface area contributed by atoms with E-state index < -0.39 is 0 Å². The van der Waals surface area contributed by atoms with Crippen LogP contribution < -0.4 is 0 Å². The third-order valence-electron chi connectivity index (χ3n) is 1.01. The Morgan fingerprint density at radius 2 is 2.11 bits per heavy atom. The van der Waals surface area contributed by atoms with Crippen LogP contribution in [0.25, 0.3) is 0 Å². The maximum Gasteiger partial charge on any atom is 0.142 e. The van der Waals surface area contributed by atoms with Gasteiger partial charge in [-0.25, -0.2) is 0 Å². The molecule has 0 unspecified atom stereocenters. The molecule has 2 heteroatoms. The number of allylic oxidation sites excluding steroid dienone is 1. The van der Waals surface area contributed by atoms with Gasteiger partial charge in [0.2, 0.25) is 0 Å². The Morgan fingerprint density at radius 1 is 1.56 bits per heavy atom. The number of Topliss-reactive ketones (excluding diaryl/α,β-unsaturated/α-hetero) is 1. The van der Waals surface area contributed by atoms with Crippen molar-refractivity contribution in [1.29, 1.82) is 0 Å². The molecule has 0 atom stereocenters. The number of carbonyl (C=O) groups is 1. The zero-order valence-corrected chi connectivity index (χ0v) is 6.58. The van der Waals surface area contributed by atoms with Crippen LogP contribution in [0.2, 0.25) is 0 Å². The zero-order valence-electron chi connectivity index (χ0n) is 5.68. The van der Waals surface area contributed by atoms with Crippen LogP contribution >= 0.6 is 12.6 Å². The Hall–Kier alpha value is -0.240. The molecule has 0 amide bonds. The second kappa shape index (κ2) is 4.62. The standard InChI is InChI=1S/C7H12OS/c1-6(2)3-4-7(8)5-9/h9H,1,3-5H2,2H3. The van der Waals surface area contributed by atoms with Crippen LogP contribution in [-0.4, -0.2) is 11.5 Å². The molecule has 0 aromatic rings. The molecule has 0 saturated carbocycles. The molecule has 0 rings (SSSR count). The Labute approximate surface area is 61.6 Å². The van der Waals surface area contributed by atoms with Crippen molar-refractivity contribution in [3.05, 3.63) is 12.2 Å². The van der Waals surface area contributed by atoms with E-state index in [2.05, 4.69) is 19.2 Å². The topological polar surface area (TPSA) is 17.1 Å². The summed E-state index contributed by atoms with van der Waals surface area (Å²) in [6, 6.07) is 0. The highest BCUT2D eigenvalue weighted by molar-refractivity contribution is 7.81. The maximum atomic E-state index is 10.6. The average molecular weight is 144 g/mol. The van der Waals surface area contributed by atoms with Gasteiger partial charge >= 0.3 is 0 Å². The highest BCUT2D eigenvalue weighted by Crippen LogP contribution is 2.00. The molecule has 52 valence electrons. The first-order chi connectivity index (χ1) is 4.16. The average Bonchev–Trinajstić information content (AvgIpc) is 1.83. The van der Waals surface area contributed by atoms with Gasteiger partial charge in [-0.2, -0.15) is 12.6 Å². The second-order valence-electron chi connectivity index (χ2n) is 2.15. The molecule has 0 aliphatic heterocycles. The van der Waals surface area contributed by atoms with Gasteiger partial charge in [0, 0.05) is 12.2 Å². The van der Waals surface area contributed by atoms with Crippen molar-refractivity contribution in [2.75, 3.05) is 5.75 Å². The van der Waals surface area contributed by atoms with E-state index in [0.29, 0.717) is 12.2 Å². The maximum absolute atomic E-state index is 10.6. The summed E-state index contributed by atoms with van der Waals surface area (Å²) in [4.78, 5) is 10.6. The number of rotatable bonds is 4. The van der Waals surface area contributed by atoms with E-state index in [-0.39, 0.29) is 5.78 Å². The molecule has 0 aromatic carbocycles. The van der Waals surface area contributed by atoms with E-state index in [1.807, 2.05) is 6.92 Å². The monoisotopic (exact) mass is 144 g/mol. The molecule has 0 bridgehead atoms. The summed E-state index contributed by atoms with van der Waals surface area (Å²) in [7, 11) is 0. The predicted molar refractivity (Wildman–Crippen MR) is 42.9 cm³/mol. The smallest absolute Gasteiger partial charge is 0.142 e. The van der Waals surface area contributed by atoms with Crippen molar-refractivity contribution in [3.63, 3.8) is 0 Å². The third-order valence-corrected chi connectivity index (χ3v) is 1.36. The summed E-state index contributed by atoms with van der Waals surface area (Å²) >= 11 is 3.84. The van der Waals surface area contributed by atoms with E-state index in [1.54, 1.807) is 0 Å². The van der Waals surface area contributed by atoms with Crippen LogP contribution in [0.3, 0.4) is 0 Å². The molecule has 0 N–H and O–H groups in total. The van der Waals surface area contributed by atoms with Crippen molar-refractivity contribution < 1.29 is 4.79 Å². The number of hydrogen-bond donors (Lipinski definition) is 1. The van der Waals surface area contributed by atoms with Gasteiger partial charge in [-0.3, -0.25) is 4.79 Å². The second-order valence-corrected chi connectivity index (χ2v) is 2.47. The van der Waals surface area contributed by atoms with E-state index in [0.717, 1.165) is 12.0 Å². The minimum atomic E-state index is 0.196. The number of thiol groups is 1. The molecular formula is C7H12OS. The summed E-state index contributed by atoms with van der Waals surface area (Å²) in [5, 5.41) is 0. The Kier molecular flexibility index (Phi) is 4.50. The van der Waals surface area contributed by atoms with Crippen molar-refractivity contribution in [3.8, 4) is 0 Å². The quantitative estimate of drug-likeness (QED) is 0.470. The molecule has 9 heavy (non-hydrogen) atoms. The third kappa shape index (κ3) is 5.63. The SMILES string of the molecule is C=C(C)CCC(=O)CS. The minimum Gasteiger partial charge on any atom is -0.299 e. The molecular weight excluding hydrogens is 132 g/mol. The van der Waals surface area contributed by atoms with E-state index in [9.17, 15) is 4.79 Å². The van der Waals surface area contributed by atoms with E-state index in [1.165, 1.54) is 0 Å². The van der Waals surface area contributed by atoms with Crippen LogP contribution in [0, 0.1) is 0 Å². The molecule has 0 fully saturated rings. The fraction of sp³-hybridized carbons (Fsp3) is 0.571. The zero-order chi connectivity index (χ0) is 7.28.